The summed E-state index contributed by atoms with van der Waals surface area (Å²) in [6.07, 6.45) is 0. The molecule has 142 valence electrons. The van der Waals surface area contributed by atoms with Crippen LogP contribution in [0.3, 0.4) is 0 Å². The first-order valence-corrected chi connectivity index (χ1v) is 8.79. The predicted octanol–water partition coefficient (Wildman–Crippen LogP) is 2.15. The number of nitrogens with zero attached hydrogens (tertiary/aromatic N) is 2. The molecule has 1 amide bonds. The number of ether oxygens (including phenoxy) is 1. The van der Waals surface area contributed by atoms with E-state index < -0.39 is 29.1 Å². The van der Waals surface area contributed by atoms with Crippen molar-refractivity contribution < 1.29 is 31.3 Å². The molecule has 0 aliphatic carbocycles. The first kappa shape index (κ1) is 19.8. The third-order valence-electron chi connectivity index (χ3n) is 3.37. The van der Waals surface area contributed by atoms with Gasteiger partial charge in [0.15, 0.2) is 5.76 Å². The molecule has 26 heavy (non-hydrogen) atoms. The van der Waals surface area contributed by atoms with Gasteiger partial charge in [-0.3, -0.25) is 4.79 Å². The highest BCUT2D eigenvalue weighted by atomic mass is 32.2. The molecule has 0 unspecified atom stereocenters. The van der Waals surface area contributed by atoms with Crippen molar-refractivity contribution in [2.45, 2.75) is 25.4 Å². The Morgan fingerprint density at radius 1 is 1.31 bits per heavy atom. The molecule has 0 aliphatic heterocycles. The number of carbonyl (C=O) groups excluding carboxylic acids is 1. The number of aryl methyl sites for hydroxylation is 2. The number of anilines is 1. The normalized spacial score (nSPS) is 11.8. The summed E-state index contributed by atoms with van der Waals surface area (Å²) < 4.78 is 59.2. The molecule has 0 bridgehead atoms. The van der Waals surface area contributed by atoms with Gasteiger partial charge in [0, 0.05) is 12.7 Å². The molecule has 1 aromatic carbocycles. The Morgan fingerprint density at radius 2 is 1.92 bits per heavy atom. The van der Waals surface area contributed by atoms with Crippen LogP contribution in [0.15, 0.2) is 33.7 Å². The lowest BCUT2D eigenvalue weighted by Gasteiger charge is -2.16. The topological polar surface area (TPSA) is 102 Å². The number of alkyl halides is 2. The van der Waals surface area contributed by atoms with Gasteiger partial charge in [-0.25, -0.2) is 8.42 Å². The van der Waals surface area contributed by atoms with Gasteiger partial charge < -0.3 is 14.6 Å². The van der Waals surface area contributed by atoms with Crippen LogP contribution < -0.4 is 10.1 Å². The second kappa shape index (κ2) is 7.79. The van der Waals surface area contributed by atoms with E-state index in [0.29, 0.717) is 5.69 Å². The first-order valence-electron chi connectivity index (χ1n) is 7.35. The SMILES string of the molecule is Cc1noc(C)c1S(=O)(=O)N(C)CC(=O)Nc1ccc(OC(F)F)cc1. The number of rotatable bonds is 7. The molecule has 0 saturated carbocycles. The molecule has 2 aromatic rings. The van der Waals surface area contributed by atoms with Crippen molar-refractivity contribution in [3.63, 3.8) is 0 Å². The van der Waals surface area contributed by atoms with Crippen molar-refractivity contribution in [2.75, 3.05) is 18.9 Å². The van der Waals surface area contributed by atoms with Gasteiger partial charge in [0.1, 0.15) is 16.3 Å². The lowest BCUT2D eigenvalue weighted by molar-refractivity contribution is -0.116. The van der Waals surface area contributed by atoms with Crippen molar-refractivity contribution in [1.82, 2.24) is 9.46 Å². The van der Waals surface area contributed by atoms with E-state index in [2.05, 4.69) is 15.2 Å². The number of halogens is 2. The number of aromatic nitrogens is 1. The zero-order valence-corrected chi connectivity index (χ0v) is 15.0. The van der Waals surface area contributed by atoms with Crippen LogP contribution in [-0.4, -0.2) is 44.0 Å². The number of amides is 1. The largest absolute Gasteiger partial charge is 0.435 e. The molecule has 0 atom stereocenters. The Morgan fingerprint density at radius 3 is 2.42 bits per heavy atom. The maximum Gasteiger partial charge on any atom is 0.387 e. The monoisotopic (exact) mass is 389 g/mol. The quantitative estimate of drug-likeness (QED) is 0.779. The predicted molar refractivity (Wildman–Crippen MR) is 87.5 cm³/mol. The van der Waals surface area contributed by atoms with Crippen molar-refractivity contribution >= 4 is 21.6 Å². The minimum Gasteiger partial charge on any atom is -0.435 e. The molecule has 8 nitrogen and oxygen atoms in total. The van der Waals surface area contributed by atoms with Crippen LogP contribution in [0.2, 0.25) is 0 Å². The van der Waals surface area contributed by atoms with E-state index in [1.807, 2.05) is 0 Å². The van der Waals surface area contributed by atoms with Crippen LogP contribution in [-0.2, 0) is 14.8 Å². The highest BCUT2D eigenvalue weighted by Gasteiger charge is 2.29. The van der Waals surface area contributed by atoms with Gasteiger partial charge in [0.05, 0.1) is 6.54 Å². The molecule has 1 aromatic heterocycles. The molecular formula is C15H17F2N3O5S. The number of hydrogen-bond donors (Lipinski definition) is 1. The van der Waals surface area contributed by atoms with Crippen LogP contribution >= 0.6 is 0 Å². The lowest BCUT2D eigenvalue weighted by Crippen LogP contribution is -2.35. The Hall–Kier alpha value is -2.53. The fourth-order valence-corrected chi connectivity index (χ4v) is 3.62. The molecule has 1 heterocycles. The summed E-state index contributed by atoms with van der Waals surface area (Å²) in [5, 5.41) is 6.07. The van der Waals surface area contributed by atoms with Gasteiger partial charge in [0.2, 0.25) is 15.9 Å². The second-order valence-electron chi connectivity index (χ2n) is 5.37. The Balaban J connectivity index is 2.03. The maximum atomic E-state index is 12.5. The summed E-state index contributed by atoms with van der Waals surface area (Å²) in [6, 6.07) is 5.23. The van der Waals surface area contributed by atoms with Crippen molar-refractivity contribution in [1.29, 1.82) is 0 Å². The summed E-state index contributed by atoms with van der Waals surface area (Å²) >= 11 is 0. The molecule has 11 heteroatoms. The van der Waals surface area contributed by atoms with E-state index in [1.165, 1.54) is 45.2 Å². The third kappa shape index (κ3) is 4.55. The molecule has 0 fully saturated rings. The number of sulfonamides is 1. The van der Waals surface area contributed by atoms with Gasteiger partial charge in [-0.1, -0.05) is 5.16 Å². The van der Waals surface area contributed by atoms with E-state index in [0.717, 1.165) is 4.31 Å². The summed E-state index contributed by atoms with van der Waals surface area (Å²) in [6.45, 7) is -0.454. The Bertz CT molecular complexity index is 862. The average Bonchev–Trinajstić information content (AvgIpc) is 2.88. The van der Waals surface area contributed by atoms with Crippen LogP contribution in [0.5, 0.6) is 5.75 Å². The summed E-state index contributed by atoms with van der Waals surface area (Å²) in [5.74, 6) is -0.536. The Kier molecular flexibility index (Phi) is 5.93. The molecule has 0 saturated heterocycles. The van der Waals surface area contributed by atoms with E-state index in [1.54, 1.807) is 0 Å². The highest BCUT2D eigenvalue weighted by molar-refractivity contribution is 7.89. The highest BCUT2D eigenvalue weighted by Crippen LogP contribution is 2.22. The van der Waals surface area contributed by atoms with Gasteiger partial charge in [-0.15, -0.1) is 0 Å². The average molecular weight is 389 g/mol. The number of carbonyl (C=O) groups is 1. The van der Waals surface area contributed by atoms with Gasteiger partial charge in [-0.05, 0) is 38.1 Å². The summed E-state index contributed by atoms with van der Waals surface area (Å²) in [4.78, 5) is 12.0. The standard InChI is InChI=1S/C15H17F2N3O5S/c1-9-14(10(2)25-19-9)26(22,23)20(3)8-13(21)18-11-4-6-12(7-5-11)24-15(16)17/h4-7,15H,8H2,1-3H3,(H,18,21). The van der Waals surface area contributed by atoms with Gasteiger partial charge in [0.25, 0.3) is 0 Å². The smallest absolute Gasteiger partial charge is 0.387 e. The molecule has 0 spiro atoms. The fourth-order valence-electron chi connectivity index (χ4n) is 2.21. The summed E-state index contributed by atoms with van der Waals surface area (Å²) in [5.41, 5.74) is 0.504. The molecule has 0 aliphatic rings. The first-order chi connectivity index (χ1) is 12.1. The number of nitrogens with one attached hydrogen (secondary N) is 1. The van der Waals surface area contributed by atoms with Crippen molar-refractivity contribution in [3.8, 4) is 5.75 Å². The van der Waals surface area contributed by atoms with E-state index in [4.69, 9.17) is 4.52 Å². The second-order valence-corrected chi connectivity index (χ2v) is 7.35. The number of benzene rings is 1. The third-order valence-corrected chi connectivity index (χ3v) is 5.41. The van der Waals surface area contributed by atoms with Gasteiger partial charge in [-0.2, -0.15) is 13.1 Å². The number of hydrogen-bond acceptors (Lipinski definition) is 6. The lowest BCUT2D eigenvalue weighted by atomic mass is 10.3. The van der Waals surface area contributed by atoms with Crippen LogP contribution in [0.1, 0.15) is 11.5 Å². The van der Waals surface area contributed by atoms with E-state index >= 15 is 0 Å². The van der Waals surface area contributed by atoms with Gasteiger partial charge >= 0.3 is 6.61 Å². The van der Waals surface area contributed by atoms with E-state index in [9.17, 15) is 22.0 Å². The minimum absolute atomic E-state index is 0.0592. The molecule has 2 rings (SSSR count). The maximum absolute atomic E-state index is 12.5. The zero-order chi connectivity index (χ0) is 19.5. The van der Waals surface area contributed by atoms with E-state index in [-0.39, 0.29) is 22.1 Å². The summed E-state index contributed by atoms with van der Waals surface area (Å²) in [7, 11) is -2.70. The zero-order valence-electron chi connectivity index (χ0n) is 14.2. The Labute approximate surface area is 148 Å². The van der Waals surface area contributed by atoms with Crippen LogP contribution in [0.25, 0.3) is 0 Å². The van der Waals surface area contributed by atoms with Crippen molar-refractivity contribution in [2.24, 2.45) is 0 Å². The fraction of sp³-hybridized carbons (Fsp3) is 0.333. The van der Waals surface area contributed by atoms with Crippen LogP contribution in [0.4, 0.5) is 14.5 Å². The molecule has 0 radical (unpaired) electrons. The van der Waals surface area contributed by atoms with Crippen molar-refractivity contribution in [3.05, 3.63) is 35.7 Å². The van der Waals surface area contributed by atoms with Crippen LogP contribution in [0, 0.1) is 13.8 Å². The molecule has 1 N–H and O–H groups in total. The minimum atomic E-state index is -3.95. The number of likely N-dealkylation sites (N-methyl/N-ethyl adjacent to an activating group) is 1. The molecular weight excluding hydrogens is 372 g/mol.